The summed E-state index contributed by atoms with van der Waals surface area (Å²) in [6, 6.07) is 8.72. The molecule has 0 saturated heterocycles. The van der Waals surface area contributed by atoms with Crippen molar-refractivity contribution in [2.45, 2.75) is 13.5 Å². The van der Waals surface area contributed by atoms with Gasteiger partial charge in [0.15, 0.2) is 0 Å². The van der Waals surface area contributed by atoms with Crippen LogP contribution in [0, 0.1) is 11.3 Å². The first kappa shape index (κ1) is 12.8. The van der Waals surface area contributed by atoms with Gasteiger partial charge in [0.25, 0.3) is 5.91 Å². The smallest absolute Gasteiger partial charge is 0.272 e. The van der Waals surface area contributed by atoms with E-state index in [0.717, 1.165) is 5.76 Å². The second-order valence-electron chi connectivity index (χ2n) is 3.94. The van der Waals surface area contributed by atoms with Crippen LogP contribution < -0.4 is 0 Å². The Bertz CT molecular complexity index is 582. The fourth-order valence-electron chi connectivity index (χ4n) is 1.67. The van der Waals surface area contributed by atoms with Crippen LogP contribution in [-0.4, -0.2) is 22.3 Å². The van der Waals surface area contributed by atoms with Crippen LogP contribution in [0.3, 0.4) is 0 Å². The fourth-order valence-corrected chi connectivity index (χ4v) is 1.67. The number of pyridine rings is 1. The first-order valence-electron chi connectivity index (χ1n) is 5.92. The van der Waals surface area contributed by atoms with Crippen molar-refractivity contribution in [1.29, 1.82) is 5.26 Å². The fraction of sp³-hybridized carbons (Fsp3) is 0.214. The molecule has 0 unspecified atom stereocenters. The van der Waals surface area contributed by atoms with Gasteiger partial charge in [-0.15, -0.1) is 0 Å². The van der Waals surface area contributed by atoms with Crippen molar-refractivity contribution in [3.8, 4) is 6.07 Å². The molecule has 0 bridgehead atoms. The third kappa shape index (κ3) is 2.99. The number of rotatable bonds is 4. The summed E-state index contributed by atoms with van der Waals surface area (Å²) in [7, 11) is 0. The van der Waals surface area contributed by atoms with Gasteiger partial charge in [-0.3, -0.25) is 4.79 Å². The molecule has 19 heavy (non-hydrogen) atoms. The average Bonchev–Trinajstić information content (AvgIpc) is 2.97. The van der Waals surface area contributed by atoms with E-state index >= 15 is 0 Å². The van der Waals surface area contributed by atoms with E-state index in [1.165, 1.54) is 6.20 Å². The third-order valence-corrected chi connectivity index (χ3v) is 2.71. The van der Waals surface area contributed by atoms with E-state index in [1.54, 1.807) is 29.4 Å². The highest BCUT2D eigenvalue weighted by Gasteiger charge is 2.16. The summed E-state index contributed by atoms with van der Waals surface area (Å²) >= 11 is 0. The highest BCUT2D eigenvalue weighted by molar-refractivity contribution is 5.92. The summed E-state index contributed by atoms with van der Waals surface area (Å²) in [5.74, 6) is 0.548. The summed E-state index contributed by atoms with van der Waals surface area (Å²) in [5, 5.41) is 8.70. The van der Waals surface area contributed by atoms with Crippen LogP contribution in [-0.2, 0) is 6.54 Å². The minimum atomic E-state index is -0.177. The molecule has 0 N–H and O–H groups in total. The number of nitrogens with zero attached hydrogens (tertiary/aromatic N) is 3. The number of amides is 1. The predicted octanol–water partition coefficient (Wildman–Crippen LogP) is 2.21. The Morgan fingerprint density at radius 3 is 2.84 bits per heavy atom. The Kier molecular flexibility index (Phi) is 3.94. The van der Waals surface area contributed by atoms with Gasteiger partial charge in [0, 0.05) is 12.7 Å². The van der Waals surface area contributed by atoms with Crippen LogP contribution in [0.4, 0.5) is 0 Å². The number of carbonyl (C=O) groups is 1. The molecule has 2 aromatic heterocycles. The Morgan fingerprint density at radius 1 is 1.47 bits per heavy atom. The van der Waals surface area contributed by atoms with Crippen LogP contribution in [0.5, 0.6) is 0 Å². The van der Waals surface area contributed by atoms with Crippen molar-refractivity contribution in [2.24, 2.45) is 0 Å². The zero-order valence-electron chi connectivity index (χ0n) is 10.5. The second kappa shape index (κ2) is 5.83. The zero-order chi connectivity index (χ0) is 13.7. The Labute approximate surface area is 111 Å². The maximum atomic E-state index is 12.2. The second-order valence-corrected chi connectivity index (χ2v) is 3.94. The molecule has 0 aliphatic rings. The van der Waals surface area contributed by atoms with Crippen LogP contribution in [0.15, 0.2) is 41.1 Å². The lowest BCUT2D eigenvalue weighted by atomic mass is 10.2. The first-order chi connectivity index (χ1) is 9.24. The van der Waals surface area contributed by atoms with Gasteiger partial charge >= 0.3 is 0 Å². The lowest BCUT2D eigenvalue weighted by Crippen LogP contribution is -2.30. The first-order valence-corrected chi connectivity index (χ1v) is 5.92. The van der Waals surface area contributed by atoms with Crippen LogP contribution in [0.2, 0.25) is 0 Å². The molecule has 2 rings (SSSR count). The number of aromatic nitrogens is 1. The van der Waals surface area contributed by atoms with Gasteiger partial charge in [-0.2, -0.15) is 5.26 Å². The molecule has 0 aromatic carbocycles. The highest BCUT2D eigenvalue weighted by Crippen LogP contribution is 2.09. The Hall–Kier alpha value is -2.61. The topological polar surface area (TPSA) is 70.1 Å². The SMILES string of the molecule is CCN(Cc1ccco1)C(=O)c1ccc(C#N)cn1. The maximum absolute atomic E-state index is 12.2. The zero-order valence-corrected chi connectivity index (χ0v) is 10.5. The molecule has 0 aliphatic heterocycles. The summed E-state index contributed by atoms with van der Waals surface area (Å²) in [4.78, 5) is 17.9. The molecule has 0 radical (unpaired) electrons. The van der Waals surface area contributed by atoms with E-state index in [2.05, 4.69) is 4.98 Å². The lowest BCUT2D eigenvalue weighted by Gasteiger charge is -2.19. The molecule has 2 heterocycles. The summed E-state index contributed by atoms with van der Waals surface area (Å²) in [5.41, 5.74) is 0.762. The normalized spacial score (nSPS) is 9.89. The molecule has 0 aliphatic carbocycles. The molecule has 0 atom stereocenters. The number of nitriles is 1. The van der Waals surface area contributed by atoms with Gasteiger partial charge in [0.2, 0.25) is 0 Å². The molecule has 96 valence electrons. The quantitative estimate of drug-likeness (QED) is 0.839. The molecule has 2 aromatic rings. The maximum Gasteiger partial charge on any atom is 0.272 e. The molecule has 0 fully saturated rings. The third-order valence-electron chi connectivity index (χ3n) is 2.71. The monoisotopic (exact) mass is 255 g/mol. The van der Waals surface area contributed by atoms with Crippen molar-refractivity contribution >= 4 is 5.91 Å². The molecular formula is C14H13N3O2. The summed E-state index contributed by atoms with van der Waals surface area (Å²) < 4.78 is 5.23. The Morgan fingerprint density at radius 2 is 2.32 bits per heavy atom. The van der Waals surface area contributed by atoms with Crippen LogP contribution >= 0.6 is 0 Å². The molecule has 1 amide bonds. The van der Waals surface area contributed by atoms with Crippen LogP contribution in [0.25, 0.3) is 0 Å². The Balaban J connectivity index is 2.13. The van der Waals surface area contributed by atoms with E-state index in [-0.39, 0.29) is 5.91 Å². The molecule has 5 nitrogen and oxygen atoms in total. The van der Waals surface area contributed by atoms with Crippen molar-refractivity contribution in [3.05, 3.63) is 53.7 Å². The van der Waals surface area contributed by atoms with Crippen molar-refractivity contribution < 1.29 is 9.21 Å². The lowest BCUT2D eigenvalue weighted by molar-refractivity contribution is 0.0735. The van der Waals surface area contributed by atoms with Gasteiger partial charge in [-0.25, -0.2) is 4.98 Å². The molecule has 0 saturated carbocycles. The van der Waals surface area contributed by atoms with E-state index in [0.29, 0.717) is 24.3 Å². The van der Waals surface area contributed by atoms with Crippen molar-refractivity contribution in [3.63, 3.8) is 0 Å². The number of furan rings is 1. The highest BCUT2D eigenvalue weighted by atomic mass is 16.3. The predicted molar refractivity (Wildman–Crippen MR) is 68.1 cm³/mol. The van der Waals surface area contributed by atoms with E-state index in [4.69, 9.17) is 9.68 Å². The summed E-state index contributed by atoms with van der Waals surface area (Å²) in [6.45, 7) is 2.86. The van der Waals surface area contributed by atoms with Gasteiger partial charge < -0.3 is 9.32 Å². The van der Waals surface area contributed by atoms with Crippen molar-refractivity contribution in [1.82, 2.24) is 9.88 Å². The summed E-state index contributed by atoms with van der Waals surface area (Å²) in [6.07, 6.45) is 2.97. The minimum Gasteiger partial charge on any atom is -0.467 e. The van der Waals surface area contributed by atoms with Gasteiger partial charge in [0.05, 0.1) is 18.4 Å². The number of hydrogen-bond donors (Lipinski definition) is 0. The number of carbonyl (C=O) groups excluding carboxylic acids is 1. The van der Waals surface area contributed by atoms with Gasteiger partial charge in [0.1, 0.15) is 17.5 Å². The largest absolute Gasteiger partial charge is 0.467 e. The van der Waals surface area contributed by atoms with E-state index in [9.17, 15) is 4.79 Å². The molecule has 0 spiro atoms. The average molecular weight is 255 g/mol. The molecule has 5 heteroatoms. The number of hydrogen-bond acceptors (Lipinski definition) is 4. The van der Waals surface area contributed by atoms with Crippen molar-refractivity contribution in [2.75, 3.05) is 6.54 Å². The standard InChI is InChI=1S/C14H13N3O2/c1-2-17(10-12-4-3-7-19-12)14(18)13-6-5-11(8-15)9-16-13/h3-7,9H,2,10H2,1H3. The molecular weight excluding hydrogens is 242 g/mol. The van der Waals surface area contributed by atoms with Gasteiger partial charge in [-0.1, -0.05) is 0 Å². The van der Waals surface area contributed by atoms with E-state index in [1.807, 2.05) is 19.1 Å². The van der Waals surface area contributed by atoms with Crippen LogP contribution in [0.1, 0.15) is 28.7 Å². The van der Waals surface area contributed by atoms with Gasteiger partial charge in [-0.05, 0) is 31.2 Å². The minimum absolute atomic E-state index is 0.177. The van der Waals surface area contributed by atoms with E-state index < -0.39 is 0 Å².